The van der Waals surface area contributed by atoms with Gasteiger partial charge in [0, 0.05) is 11.8 Å². The Morgan fingerprint density at radius 2 is 2.27 bits per heavy atom. The summed E-state index contributed by atoms with van der Waals surface area (Å²) in [4.78, 5) is 22.0. The Kier molecular flexibility index (Phi) is 2.79. The number of nitro groups is 1. The van der Waals surface area contributed by atoms with Crippen molar-refractivity contribution in [1.82, 2.24) is 0 Å². The number of carbonyl (C=O) groups excluding carboxylic acids is 1. The van der Waals surface area contributed by atoms with E-state index in [1.807, 2.05) is 0 Å². The molecule has 78 valence electrons. The molecule has 0 fully saturated rings. The molecule has 6 heteroatoms. The molecule has 1 unspecified atom stereocenters. The van der Waals surface area contributed by atoms with Crippen molar-refractivity contribution in [3.05, 3.63) is 39.4 Å². The fourth-order valence-electron chi connectivity index (χ4n) is 1.50. The number of nitrogens with zero attached hydrogens (tertiary/aromatic N) is 1. The van der Waals surface area contributed by atoms with Gasteiger partial charge in [-0.25, -0.2) is 0 Å². The van der Waals surface area contributed by atoms with Gasteiger partial charge in [-0.3, -0.25) is 14.9 Å². The van der Waals surface area contributed by atoms with Crippen LogP contribution in [0, 0.1) is 10.1 Å². The third-order valence-corrected chi connectivity index (χ3v) is 4.36. The molecule has 1 aliphatic heterocycles. The van der Waals surface area contributed by atoms with Crippen molar-refractivity contribution in [3.8, 4) is 0 Å². The van der Waals surface area contributed by atoms with E-state index in [-0.39, 0.29) is 21.2 Å². The summed E-state index contributed by atoms with van der Waals surface area (Å²) in [6.45, 7) is 0. The lowest BCUT2D eigenvalue weighted by Crippen LogP contribution is -2.19. The number of nitro benzene ring substituents is 1. The normalized spacial score (nSPS) is 19.8. The molecule has 0 spiro atoms. The Morgan fingerprint density at radius 3 is 2.93 bits per heavy atom. The summed E-state index contributed by atoms with van der Waals surface area (Å²) in [7, 11) is 0. The number of alkyl halides is 1. The average molecular weight is 288 g/mol. The number of rotatable bonds is 1. The van der Waals surface area contributed by atoms with Gasteiger partial charge in [-0.1, -0.05) is 28.1 Å². The number of ketones is 1. The van der Waals surface area contributed by atoms with E-state index in [2.05, 4.69) is 15.9 Å². The van der Waals surface area contributed by atoms with Crippen molar-refractivity contribution in [1.29, 1.82) is 0 Å². The molecule has 1 aliphatic rings. The molecule has 0 bridgehead atoms. The van der Waals surface area contributed by atoms with Gasteiger partial charge in [0.2, 0.25) is 0 Å². The molecule has 1 atom stereocenters. The van der Waals surface area contributed by atoms with Gasteiger partial charge < -0.3 is 0 Å². The average Bonchev–Trinajstić information content (AvgIpc) is 2.23. The Bertz CT molecular complexity index is 449. The molecule has 0 saturated heterocycles. The number of fused-ring (bicyclic) bond motifs is 1. The molecule has 15 heavy (non-hydrogen) atoms. The zero-order valence-corrected chi connectivity index (χ0v) is 9.88. The smallest absolute Gasteiger partial charge is 0.280 e. The first-order valence-corrected chi connectivity index (χ1v) is 6.14. The number of thioether (sulfide) groups is 1. The van der Waals surface area contributed by atoms with Crippen molar-refractivity contribution in [2.45, 2.75) is 9.91 Å². The number of hydrogen-bond acceptors (Lipinski definition) is 4. The quantitative estimate of drug-likeness (QED) is 0.453. The zero-order chi connectivity index (χ0) is 11.0. The van der Waals surface area contributed by atoms with E-state index in [4.69, 9.17) is 0 Å². The van der Waals surface area contributed by atoms with E-state index in [1.54, 1.807) is 12.1 Å². The first-order chi connectivity index (χ1) is 7.11. The topological polar surface area (TPSA) is 60.2 Å². The van der Waals surface area contributed by atoms with Gasteiger partial charge in [0.25, 0.3) is 5.69 Å². The van der Waals surface area contributed by atoms with E-state index < -0.39 is 4.92 Å². The minimum atomic E-state index is -0.507. The molecule has 4 nitrogen and oxygen atoms in total. The third-order valence-electron chi connectivity index (χ3n) is 2.16. The maximum Gasteiger partial charge on any atom is 0.280 e. The van der Waals surface area contributed by atoms with Crippen LogP contribution in [0.15, 0.2) is 18.2 Å². The van der Waals surface area contributed by atoms with Gasteiger partial charge in [-0.05, 0) is 5.56 Å². The SMILES string of the molecule is O=C1c2c(cccc2[N+](=O)[O-])CSC1Br. The molecule has 1 heterocycles. The van der Waals surface area contributed by atoms with E-state index in [0.29, 0.717) is 5.75 Å². The Balaban J connectivity index is 2.62. The van der Waals surface area contributed by atoms with Crippen LogP contribution in [-0.4, -0.2) is 14.9 Å². The molecule has 0 radical (unpaired) electrons. The van der Waals surface area contributed by atoms with E-state index in [0.717, 1.165) is 5.56 Å². The predicted molar refractivity (Wildman–Crippen MR) is 61.4 cm³/mol. The van der Waals surface area contributed by atoms with E-state index in [1.165, 1.54) is 17.8 Å². The molecule has 0 aliphatic carbocycles. The Morgan fingerprint density at radius 1 is 1.53 bits per heavy atom. The monoisotopic (exact) mass is 287 g/mol. The third kappa shape index (κ3) is 1.79. The lowest BCUT2D eigenvalue weighted by molar-refractivity contribution is -0.385. The van der Waals surface area contributed by atoms with Crippen molar-refractivity contribution in [2.24, 2.45) is 0 Å². The van der Waals surface area contributed by atoms with Crippen LogP contribution >= 0.6 is 27.7 Å². The minimum absolute atomic E-state index is 0.0951. The summed E-state index contributed by atoms with van der Waals surface area (Å²) in [5.74, 6) is 0.409. The highest BCUT2D eigenvalue weighted by Crippen LogP contribution is 2.37. The van der Waals surface area contributed by atoms with Crippen LogP contribution in [0.4, 0.5) is 5.69 Å². The van der Waals surface area contributed by atoms with Crippen LogP contribution in [0.1, 0.15) is 15.9 Å². The summed E-state index contributed by atoms with van der Waals surface area (Å²) >= 11 is 4.63. The Hall–Kier alpha value is -0.880. The highest BCUT2D eigenvalue weighted by atomic mass is 79.9. The second kappa shape index (κ2) is 3.94. The maximum atomic E-state index is 11.8. The molecule has 0 N–H and O–H groups in total. The van der Waals surface area contributed by atoms with Gasteiger partial charge in [-0.2, -0.15) is 0 Å². The van der Waals surface area contributed by atoms with E-state index in [9.17, 15) is 14.9 Å². The van der Waals surface area contributed by atoms with Gasteiger partial charge in [0.05, 0.1) is 4.92 Å². The van der Waals surface area contributed by atoms with Gasteiger partial charge >= 0.3 is 0 Å². The van der Waals surface area contributed by atoms with Crippen LogP contribution in [-0.2, 0) is 5.75 Å². The second-order valence-electron chi connectivity index (χ2n) is 3.06. The Labute approximate surface area is 98.3 Å². The summed E-state index contributed by atoms with van der Waals surface area (Å²) in [5, 5.41) is 10.8. The van der Waals surface area contributed by atoms with Crippen molar-refractivity contribution in [2.75, 3.05) is 0 Å². The minimum Gasteiger partial charge on any atom is -0.292 e. The summed E-state index contributed by atoms with van der Waals surface area (Å²) in [6.07, 6.45) is 0. The molecule has 0 saturated carbocycles. The first-order valence-electron chi connectivity index (χ1n) is 4.17. The van der Waals surface area contributed by atoms with Crippen LogP contribution in [0.2, 0.25) is 0 Å². The van der Waals surface area contributed by atoms with E-state index >= 15 is 0 Å². The number of hydrogen-bond donors (Lipinski definition) is 0. The lowest BCUT2D eigenvalue weighted by Gasteiger charge is -2.17. The predicted octanol–water partition coefficient (Wildman–Crippen LogP) is 2.75. The highest BCUT2D eigenvalue weighted by Gasteiger charge is 2.32. The maximum absolute atomic E-state index is 11.8. The number of carbonyl (C=O) groups is 1. The molecule has 0 aromatic heterocycles. The van der Waals surface area contributed by atoms with Crippen LogP contribution in [0.25, 0.3) is 0 Å². The number of halogens is 1. The van der Waals surface area contributed by atoms with Crippen molar-refractivity contribution >= 4 is 39.2 Å². The molecular formula is C9H6BrNO3S. The fraction of sp³-hybridized carbons (Fsp3) is 0.222. The van der Waals surface area contributed by atoms with Gasteiger partial charge in [0.1, 0.15) is 9.72 Å². The molecule has 0 amide bonds. The van der Waals surface area contributed by atoms with Gasteiger partial charge in [-0.15, -0.1) is 11.8 Å². The second-order valence-corrected chi connectivity index (χ2v) is 5.67. The van der Waals surface area contributed by atoms with Crippen LogP contribution in [0.5, 0.6) is 0 Å². The zero-order valence-electron chi connectivity index (χ0n) is 7.47. The summed E-state index contributed by atoms with van der Waals surface area (Å²) < 4.78 is -0.369. The molecular weight excluding hydrogens is 282 g/mol. The highest BCUT2D eigenvalue weighted by molar-refractivity contribution is 9.11. The molecule has 1 aromatic carbocycles. The fourth-order valence-corrected chi connectivity index (χ4v) is 2.96. The number of benzene rings is 1. The first kappa shape index (κ1) is 10.6. The lowest BCUT2D eigenvalue weighted by atomic mass is 10.0. The largest absolute Gasteiger partial charge is 0.292 e. The van der Waals surface area contributed by atoms with Crippen LogP contribution < -0.4 is 0 Å². The standard InChI is InChI=1S/C9H6BrNO3S/c10-9-8(12)7-5(4-15-9)2-1-3-6(7)11(13)14/h1-3,9H,4H2. The summed E-state index contributed by atoms with van der Waals surface area (Å²) in [6, 6.07) is 4.73. The van der Waals surface area contributed by atoms with Crippen LogP contribution in [0.3, 0.4) is 0 Å². The molecule has 2 rings (SSSR count). The molecule has 1 aromatic rings. The van der Waals surface area contributed by atoms with Gasteiger partial charge in [0.15, 0.2) is 5.78 Å². The van der Waals surface area contributed by atoms with Crippen molar-refractivity contribution < 1.29 is 9.72 Å². The summed E-state index contributed by atoms with van der Waals surface area (Å²) in [5.41, 5.74) is 0.903. The number of Topliss-reactive ketones (excluding diaryl/α,β-unsaturated/α-hetero) is 1. The van der Waals surface area contributed by atoms with Crippen molar-refractivity contribution in [3.63, 3.8) is 0 Å².